The molecular formula is C6H8F2NaO6S. The first-order valence-electron chi connectivity index (χ1n) is 3.51. The molecule has 0 rings (SSSR count). The fraction of sp³-hybridized carbons (Fsp3) is 0.500. The van der Waals surface area contributed by atoms with Crippen molar-refractivity contribution in [2.45, 2.75) is 5.76 Å². The van der Waals surface area contributed by atoms with E-state index in [9.17, 15) is 22.0 Å². The summed E-state index contributed by atoms with van der Waals surface area (Å²) in [6, 6.07) is 0. The van der Waals surface area contributed by atoms with Gasteiger partial charge in [0.1, 0.15) is 13.2 Å². The Hall–Kier alpha value is -0.380. The molecule has 0 atom stereocenters. The maximum absolute atomic E-state index is 11.7. The SMILES string of the molecule is C=COCCOC(=O)OS(=O)(=O)C(F)F.[Na]. The van der Waals surface area contributed by atoms with E-state index in [1.54, 1.807) is 0 Å². The van der Waals surface area contributed by atoms with Gasteiger partial charge in [-0.25, -0.2) is 4.79 Å². The molecule has 0 unspecified atom stereocenters. The molecule has 0 heterocycles. The van der Waals surface area contributed by atoms with E-state index in [1.807, 2.05) is 0 Å². The van der Waals surface area contributed by atoms with Gasteiger partial charge in [-0.15, -0.1) is 0 Å². The van der Waals surface area contributed by atoms with Gasteiger partial charge in [-0.2, -0.15) is 17.2 Å². The van der Waals surface area contributed by atoms with Gasteiger partial charge in [0.2, 0.25) is 0 Å². The van der Waals surface area contributed by atoms with Gasteiger partial charge in [0.25, 0.3) is 0 Å². The molecule has 0 aliphatic heterocycles. The van der Waals surface area contributed by atoms with Crippen LogP contribution in [0.2, 0.25) is 0 Å². The van der Waals surface area contributed by atoms with Crippen LogP contribution in [0.3, 0.4) is 0 Å². The van der Waals surface area contributed by atoms with Crippen molar-refractivity contribution in [3.05, 3.63) is 12.8 Å². The average Bonchev–Trinajstić information content (AvgIpc) is 2.11. The number of hydrogen-bond acceptors (Lipinski definition) is 6. The molecule has 16 heavy (non-hydrogen) atoms. The Labute approximate surface area is 113 Å². The van der Waals surface area contributed by atoms with E-state index in [1.165, 1.54) is 0 Å². The number of halogens is 2. The summed E-state index contributed by atoms with van der Waals surface area (Å²) < 4.78 is 55.9. The van der Waals surface area contributed by atoms with E-state index >= 15 is 0 Å². The molecule has 6 nitrogen and oxygen atoms in total. The van der Waals surface area contributed by atoms with Crippen LogP contribution >= 0.6 is 0 Å². The predicted molar refractivity (Wildman–Crippen MR) is 49.3 cm³/mol. The molecular weight excluding hydrogens is 261 g/mol. The van der Waals surface area contributed by atoms with Crippen LogP contribution < -0.4 is 0 Å². The summed E-state index contributed by atoms with van der Waals surface area (Å²) >= 11 is 0. The zero-order valence-electron chi connectivity index (χ0n) is 8.39. The Morgan fingerprint density at radius 1 is 1.38 bits per heavy atom. The van der Waals surface area contributed by atoms with Crippen molar-refractivity contribution in [3.63, 3.8) is 0 Å². The van der Waals surface area contributed by atoms with Gasteiger partial charge in [-0.05, 0) is 0 Å². The first-order valence-corrected chi connectivity index (χ1v) is 4.98. The molecule has 0 bridgehead atoms. The second kappa shape index (κ2) is 8.74. The Balaban J connectivity index is 0. The first-order chi connectivity index (χ1) is 6.90. The summed E-state index contributed by atoms with van der Waals surface area (Å²) in [5.74, 6) is -3.80. The van der Waals surface area contributed by atoms with Crippen LogP contribution in [-0.2, 0) is 23.8 Å². The predicted octanol–water partition coefficient (Wildman–Crippen LogP) is 0.471. The number of rotatable bonds is 6. The third-order valence-corrected chi connectivity index (χ3v) is 1.75. The molecule has 0 saturated heterocycles. The molecule has 89 valence electrons. The third kappa shape index (κ3) is 7.85. The molecule has 0 aliphatic rings. The molecule has 0 aliphatic carbocycles. The number of carbonyl (C=O) groups excluding carboxylic acids is 1. The Morgan fingerprint density at radius 3 is 2.38 bits per heavy atom. The van der Waals surface area contributed by atoms with Gasteiger partial charge in [0, 0.05) is 29.6 Å². The molecule has 0 N–H and O–H groups in total. The second-order valence-electron chi connectivity index (χ2n) is 1.97. The summed E-state index contributed by atoms with van der Waals surface area (Å²) in [7, 11) is -5.21. The molecule has 1 radical (unpaired) electrons. The van der Waals surface area contributed by atoms with Crippen LogP contribution in [0.25, 0.3) is 0 Å². The molecule has 0 aromatic heterocycles. The van der Waals surface area contributed by atoms with Crippen molar-refractivity contribution in [2.24, 2.45) is 0 Å². The molecule has 0 spiro atoms. The molecule has 0 aromatic rings. The summed E-state index contributed by atoms with van der Waals surface area (Å²) in [5, 5.41) is 0. The smallest absolute Gasteiger partial charge is 0.498 e. The minimum atomic E-state index is -5.21. The largest absolute Gasteiger partial charge is 0.524 e. The maximum atomic E-state index is 11.7. The Kier molecular flexibility index (Phi) is 9.83. The van der Waals surface area contributed by atoms with Crippen molar-refractivity contribution < 1.29 is 35.6 Å². The summed E-state index contributed by atoms with van der Waals surface area (Å²) in [4.78, 5) is 10.5. The number of hydrogen-bond donors (Lipinski definition) is 0. The van der Waals surface area contributed by atoms with Gasteiger partial charge in [-0.3, -0.25) is 0 Å². The van der Waals surface area contributed by atoms with Gasteiger partial charge in [0.15, 0.2) is 0 Å². The van der Waals surface area contributed by atoms with E-state index < -0.39 is 22.0 Å². The zero-order chi connectivity index (χ0) is 11.9. The summed E-state index contributed by atoms with van der Waals surface area (Å²) in [6.45, 7) is 2.74. The summed E-state index contributed by atoms with van der Waals surface area (Å²) in [6.07, 6.45) is -0.673. The molecule has 0 saturated carbocycles. The van der Waals surface area contributed by atoms with Crippen LogP contribution in [0.1, 0.15) is 0 Å². The van der Waals surface area contributed by atoms with E-state index in [2.05, 4.69) is 20.2 Å². The minimum absolute atomic E-state index is 0. The normalized spacial score (nSPS) is 10.2. The standard InChI is InChI=1S/C6H8F2O6S.Na/c1-2-12-3-4-13-6(9)14-15(10,11)5(7)8;/h2,5H,1,3-4H2;. The fourth-order valence-corrected chi connectivity index (χ4v) is 0.722. The topological polar surface area (TPSA) is 78.9 Å². The van der Waals surface area contributed by atoms with Crippen LogP contribution in [0.15, 0.2) is 12.8 Å². The van der Waals surface area contributed by atoms with Crippen molar-refractivity contribution in [2.75, 3.05) is 13.2 Å². The van der Waals surface area contributed by atoms with Crippen LogP contribution in [0.5, 0.6) is 0 Å². The van der Waals surface area contributed by atoms with E-state index in [4.69, 9.17) is 0 Å². The molecule has 0 aromatic carbocycles. The molecule has 10 heteroatoms. The van der Waals surface area contributed by atoms with E-state index in [0.29, 0.717) is 0 Å². The Bertz CT molecular complexity index is 317. The third-order valence-electron chi connectivity index (χ3n) is 0.941. The van der Waals surface area contributed by atoms with Gasteiger partial charge in [-0.1, -0.05) is 6.58 Å². The maximum Gasteiger partial charge on any atom is 0.524 e. The minimum Gasteiger partial charge on any atom is -0.498 e. The number of ether oxygens (including phenoxy) is 2. The van der Waals surface area contributed by atoms with Gasteiger partial charge < -0.3 is 13.7 Å². The number of carbonyl (C=O) groups is 1. The molecule has 0 fully saturated rings. The van der Waals surface area contributed by atoms with Crippen molar-refractivity contribution in [1.29, 1.82) is 0 Å². The second-order valence-corrected chi connectivity index (χ2v) is 3.48. The van der Waals surface area contributed by atoms with Gasteiger partial charge >= 0.3 is 22.0 Å². The zero-order valence-corrected chi connectivity index (χ0v) is 11.2. The van der Waals surface area contributed by atoms with E-state index in [0.717, 1.165) is 6.26 Å². The average molecular weight is 269 g/mol. The first kappa shape index (κ1) is 18.0. The monoisotopic (exact) mass is 269 g/mol. The molecule has 0 amide bonds. The van der Waals surface area contributed by atoms with Gasteiger partial charge in [0.05, 0.1) is 6.26 Å². The number of alkyl halides is 2. The van der Waals surface area contributed by atoms with Crippen molar-refractivity contribution in [3.8, 4) is 0 Å². The van der Waals surface area contributed by atoms with Crippen LogP contribution in [0.4, 0.5) is 13.6 Å². The van der Waals surface area contributed by atoms with Crippen molar-refractivity contribution >= 4 is 45.8 Å². The Morgan fingerprint density at radius 2 is 1.94 bits per heavy atom. The van der Waals surface area contributed by atoms with E-state index in [-0.39, 0.29) is 42.8 Å². The van der Waals surface area contributed by atoms with Crippen molar-refractivity contribution in [1.82, 2.24) is 0 Å². The fourth-order valence-electron chi connectivity index (χ4n) is 0.412. The van der Waals surface area contributed by atoms with Crippen LogP contribution in [0, 0.1) is 0 Å². The van der Waals surface area contributed by atoms with Crippen LogP contribution in [-0.4, -0.2) is 63.1 Å². The quantitative estimate of drug-likeness (QED) is 0.229. The summed E-state index contributed by atoms with van der Waals surface area (Å²) in [5.41, 5.74) is 0.